The topological polar surface area (TPSA) is 101 Å². The van der Waals surface area contributed by atoms with Crippen LogP contribution in [0.15, 0.2) is 34.1 Å². The minimum absolute atomic E-state index is 0.0406. The molecule has 0 saturated heterocycles. The molecule has 0 fully saturated rings. The number of hydrogen-bond donors (Lipinski definition) is 2. The maximum atomic E-state index is 12.8. The molecule has 2 aromatic rings. The number of amides is 1. The number of aryl methyl sites for hydroxylation is 1. The number of hydrogen-bond acceptors (Lipinski definition) is 6. The number of aromatic nitrogens is 2. The second-order valence-corrected chi connectivity index (χ2v) is 5.99. The van der Waals surface area contributed by atoms with Crippen LogP contribution in [0.5, 0.6) is 0 Å². The van der Waals surface area contributed by atoms with Crippen molar-refractivity contribution in [1.82, 2.24) is 15.3 Å². The largest absolute Gasteiger partial charge is 0.465 e. The second kappa shape index (κ2) is 8.43. The number of benzene rings is 1. The number of aromatic amines is 1. The Labute approximate surface area is 147 Å². The first-order valence-electron chi connectivity index (χ1n) is 7.24. The van der Waals surface area contributed by atoms with E-state index in [1.54, 1.807) is 19.1 Å². The molecule has 0 aliphatic rings. The quantitative estimate of drug-likeness (QED) is 0.456. The molecule has 1 heterocycles. The zero-order chi connectivity index (χ0) is 18.4. The van der Waals surface area contributed by atoms with Gasteiger partial charge < -0.3 is 15.0 Å². The van der Waals surface area contributed by atoms with E-state index in [4.69, 9.17) is 0 Å². The molecular weight excluding hydrogens is 349 g/mol. The number of H-pyrrole nitrogens is 1. The summed E-state index contributed by atoms with van der Waals surface area (Å²) < 4.78 is 17.5. The molecule has 0 unspecified atom stereocenters. The van der Waals surface area contributed by atoms with Crippen molar-refractivity contribution in [2.24, 2.45) is 0 Å². The van der Waals surface area contributed by atoms with Crippen molar-refractivity contribution in [3.63, 3.8) is 0 Å². The van der Waals surface area contributed by atoms with E-state index in [9.17, 15) is 18.8 Å². The van der Waals surface area contributed by atoms with E-state index in [1.807, 2.05) is 0 Å². The Kier molecular flexibility index (Phi) is 6.29. The Morgan fingerprint density at radius 3 is 2.64 bits per heavy atom. The van der Waals surface area contributed by atoms with Gasteiger partial charge in [0.25, 0.3) is 0 Å². The van der Waals surface area contributed by atoms with Crippen LogP contribution in [-0.4, -0.2) is 34.7 Å². The second-order valence-electron chi connectivity index (χ2n) is 5.03. The highest BCUT2D eigenvalue weighted by Crippen LogP contribution is 2.21. The number of ether oxygens (including phenoxy) is 1. The zero-order valence-corrected chi connectivity index (χ0v) is 14.4. The number of esters is 1. The molecule has 0 bridgehead atoms. The molecule has 0 radical (unpaired) electrons. The van der Waals surface area contributed by atoms with Gasteiger partial charge in [0.2, 0.25) is 5.91 Å². The third kappa shape index (κ3) is 5.15. The highest BCUT2D eigenvalue weighted by atomic mass is 32.2. The van der Waals surface area contributed by atoms with Crippen molar-refractivity contribution >= 4 is 23.6 Å². The molecule has 2 N–H and O–H groups in total. The Hall–Kier alpha value is -2.68. The van der Waals surface area contributed by atoms with Crippen LogP contribution in [0.2, 0.25) is 0 Å². The Morgan fingerprint density at radius 2 is 2.00 bits per heavy atom. The third-order valence-electron chi connectivity index (χ3n) is 3.22. The normalized spacial score (nSPS) is 10.4. The SMILES string of the molecule is COC(=O)c1c(SCC(=O)NCc2ccc(F)cc2)nc(=O)[nH]c1C. The van der Waals surface area contributed by atoms with Gasteiger partial charge in [-0.3, -0.25) is 4.79 Å². The maximum absolute atomic E-state index is 12.8. The van der Waals surface area contributed by atoms with E-state index < -0.39 is 11.7 Å². The number of thioether (sulfide) groups is 1. The van der Waals surface area contributed by atoms with Gasteiger partial charge >= 0.3 is 11.7 Å². The molecule has 1 aromatic carbocycles. The van der Waals surface area contributed by atoms with Crippen molar-refractivity contribution < 1.29 is 18.7 Å². The molecule has 9 heteroatoms. The summed E-state index contributed by atoms with van der Waals surface area (Å²) in [6.45, 7) is 1.79. The van der Waals surface area contributed by atoms with E-state index in [2.05, 4.69) is 20.0 Å². The van der Waals surface area contributed by atoms with Gasteiger partial charge in [-0.15, -0.1) is 0 Å². The summed E-state index contributed by atoms with van der Waals surface area (Å²) in [6.07, 6.45) is 0. The summed E-state index contributed by atoms with van der Waals surface area (Å²) in [4.78, 5) is 41.4. The number of nitrogens with one attached hydrogen (secondary N) is 2. The van der Waals surface area contributed by atoms with Crippen LogP contribution in [0.4, 0.5) is 4.39 Å². The maximum Gasteiger partial charge on any atom is 0.346 e. The fraction of sp³-hybridized carbons (Fsp3) is 0.250. The first-order valence-corrected chi connectivity index (χ1v) is 8.22. The van der Waals surface area contributed by atoms with Crippen LogP contribution in [0, 0.1) is 12.7 Å². The molecule has 0 spiro atoms. The number of rotatable bonds is 6. The number of methoxy groups -OCH3 is 1. The van der Waals surface area contributed by atoms with Gasteiger partial charge in [0, 0.05) is 12.2 Å². The lowest BCUT2D eigenvalue weighted by Crippen LogP contribution is -2.25. The van der Waals surface area contributed by atoms with Crippen LogP contribution in [-0.2, 0) is 16.1 Å². The molecular formula is C16H16FN3O4S. The number of carbonyl (C=O) groups is 2. The fourth-order valence-corrected chi connectivity index (χ4v) is 2.89. The van der Waals surface area contributed by atoms with E-state index in [0.29, 0.717) is 5.69 Å². The van der Waals surface area contributed by atoms with Crippen molar-refractivity contribution in [2.75, 3.05) is 12.9 Å². The Morgan fingerprint density at radius 1 is 1.32 bits per heavy atom. The standard InChI is InChI=1S/C16H16FN3O4S/c1-9-13(15(22)24-2)14(20-16(23)19-9)25-8-12(21)18-7-10-3-5-11(17)6-4-10/h3-6H,7-8H2,1-2H3,(H,18,21)(H,19,20,23). The first-order chi connectivity index (χ1) is 11.9. The summed E-state index contributed by atoms with van der Waals surface area (Å²) in [7, 11) is 1.22. The smallest absolute Gasteiger partial charge is 0.346 e. The molecule has 1 amide bonds. The number of carbonyl (C=O) groups excluding carboxylic acids is 2. The van der Waals surface area contributed by atoms with Crippen LogP contribution in [0.3, 0.4) is 0 Å². The van der Waals surface area contributed by atoms with Gasteiger partial charge in [-0.1, -0.05) is 23.9 Å². The van der Waals surface area contributed by atoms with Crippen LogP contribution >= 0.6 is 11.8 Å². The van der Waals surface area contributed by atoms with Crippen molar-refractivity contribution in [2.45, 2.75) is 18.5 Å². The van der Waals surface area contributed by atoms with Gasteiger partial charge in [0.15, 0.2) is 0 Å². The predicted octanol–water partition coefficient (Wildman–Crippen LogP) is 1.41. The average molecular weight is 365 g/mol. The summed E-state index contributed by atoms with van der Waals surface area (Å²) >= 11 is 0.961. The van der Waals surface area contributed by atoms with Gasteiger partial charge in [-0.25, -0.2) is 14.0 Å². The third-order valence-corrected chi connectivity index (χ3v) is 4.19. The molecule has 25 heavy (non-hydrogen) atoms. The van der Waals surface area contributed by atoms with Crippen LogP contribution in [0.25, 0.3) is 0 Å². The van der Waals surface area contributed by atoms with E-state index in [1.165, 1.54) is 19.2 Å². The Bertz CT molecular complexity index is 836. The van der Waals surface area contributed by atoms with Crippen molar-refractivity contribution in [1.29, 1.82) is 0 Å². The molecule has 1 aromatic heterocycles. The summed E-state index contributed by atoms with van der Waals surface area (Å²) in [5.74, 6) is -1.35. The van der Waals surface area contributed by atoms with Gasteiger partial charge in [0.1, 0.15) is 16.4 Å². The lowest BCUT2D eigenvalue weighted by molar-refractivity contribution is -0.118. The molecule has 132 valence electrons. The average Bonchev–Trinajstić information content (AvgIpc) is 2.58. The Balaban J connectivity index is 2.00. The summed E-state index contributed by atoms with van der Waals surface area (Å²) in [6, 6.07) is 5.75. The fourth-order valence-electron chi connectivity index (χ4n) is 1.99. The number of nitrogens with zero attached hydrogens (tertiary/aromatic N) is 1. The molecule has 7 nitrogen and oxygen atoms in total. The van der Waals surface area contributed by atoms with Crippen LogP contribution in [0.1, 0.15) is 21.6 Å². The monoisotopic (exact) mass is 365 g/mol. The number of halogens is 1. The first kappa shape index (κ1) is 18.7. The lowest BCUT2D eigenvalue weighted by Gasteiger charge is -2.09. The van der Waals surface area contributed by atoms with Gasteiger partial charge in [0.05, 0.1) is 12.9 Å². The zero-order valence-electron chi connectivity index (χ0n) is 13.6. The molecule has 0 aliphatic heterocycles. The molecule has 0 saturated carbocycles. The van der Waals surface area contributed by atoms with Crippen molar-refractivity contribution in [3.05, 3.63) is 57.4 Å². The van der Waals surface area contributed by atoms with E-state index in [0.717, 1.165) is 17.3 Å². The van der Waals surface area contributed by atoms with Crippen LogP contribution < -0.4 is 11.0 Å². The molecule has 2 rings (SSSR count). The van der Waals surface area contributed by atoms with Gasteiger partial charge in [-0.2, -0.15) is 4.98 Å². The predicted molar refractivity (Wildman–Crippen MR) is 89.9 cm³/mol. The molecule has 0 atom stereocenters. The highest BCUT2D eigenvalue weighted by molar-refractivity contribution is 8.00. The van der Waals surface area contributed by atoms with Crippen molar-refractivity contribution in [3.8, 4) is 0 Å². The summed E-state index contributed by atoms with van der Waals surface area (Å²) in [5.41, 5.74) is 0.582. The minimum atomic E-state index is -0.643. The summed E-state index contributed by atoms with van der Waals surface area (Å²) in [5, 5.41) is 2.80. The van der Waals surface area contributed by atoms with E-state index in [-0.39, 0.29) is 34.6 Å². The lowest BCUT2D eigenvalue weighted by atomic mass is 10.2. The van der Waals surface area contributed by atoms with Gasteiger partial charge in [-0.05, 0) is 24.6 Å². The highest BCUT2D eigenvalue weighted by Gasteiger charge is 2.19. The molecule has 0 aliphatic carbocycles. The van der Waals surface area contributed by atoms with E-state index >= 15 is 0 Å². The minimum Gasteiger partial charge on any atom is -0.465 e.